The predicted molar refractivity (Wildman–Crippen MR) is 126 cm³/mol. The van der Waals surface area contributed by atoms with Gasteiger partial charge in [0, 0.05) is 51.7 Å². The highest BCUT2D eigenvalue weighted by atomic mass is 32.1. The van der Waals surface area contributed by atoms with Crippen molar-refractivity contribution in [1.82, 2.24) is 25.2 Å². The van der Waals surface area contributed by atoms with Gasteiger partial charge in [0.05, 0.1) is 20.0 Å². The second-order valence-corrected chi connectivity index (χ2v) is 9.40. The number of benzene rings is 1. The van der Waals surface area contributed by atoms with Gasteiger partial charge in [0.1, 0.15) is 5.01 Å². The molecule has 1 N–H and O–H groups in total. The third-order valence-corrected chi connectivity index (χ3v) is 7.54. The van der Waals surface area contributed by atoms with Crippen LogP contribution in [-0.2, 0) is 0 Å². The van der Waals surface area contributed by atoms with Crippen LogP contribution in [0.5, 0.6) is 0 Å². The highest BCUT2D eigenvalue weighted by Crippen LogP contribution is 2.34. The Bertz CT molecular complexity index is 1130. The van der Waals surface area contributed by atoms with Crippen LogP contribution < -0.4 is 10.2 Å². The number of hydrogen-bond acceptors (Lipinski definition) is 8. The summed E-state index contributed by atoms with van der Waals surface area (Å²) in [5.74, 6) is 0.769. The van der Waals surface area contributed by atoms with Gasteiger partial charge in [-0.15, -0.1) is 22.7 Å². The zero-order valence-corrected chi connectivity index (χ0v) is 18.5. The maximum atomic E-state index is 12.6. The molecule has 0 aliphatic carbocycles. The molecular formula is C22H22N6OS2. The first-order valence-electron chi connectivity index (χ1n) is 10.2. The Morgan fingerprint density at radius 1 is 0.968 bits per heavy atom. The van der Waals surface area contributed by atoms with Gasteiger partial charge in [0.2, 0.25) is 5.95 Å². The lowest BCUT2D eigenvalue weighted by atomic mass is 10.3. The molecule has 4 aromatic rings. The molecule has 7 nitrogen and oxygen atoms in total. The van der Waals surface area contributed by atoms with E-state index >= 15 is 0 Å². The van der Waals surface area contributed by atoms with Crippen molar-refractivity contribution >= 4 is 44.7 Å². The van der Waals surface area contributed by atoms with Crippen LogP contribution in [0.2, 0.25) is 0 Å². The third kappa shape index (κ3) is 4.58. The normalized spacial score (nSPS) is 14.8. The lowest BCUT2D eigenvalue weighted by Crippen LogP contribution is -2.48. The molecule has 1 aliphatic rings. The van der Waals surface area contributed by atoms with Crippen LogP contribution in [0.3, 0.4) is 0 Å². The molecule has 31 heavy (non-hydrogen) atoms. The fraction of sp³-hybridized carbons (Fsp3) is 0.273. The van der Waals surface area contributed by atoms with Gasteiger partial charge < -0.3 is 10.2 Å². The van der Waals surface area contributed by atoms with Gasteiger partial charge in [-0.3, -0.25) is 9.69 Å². The van der Waals surface area contributed by atoms with Crippen LogP contribution in [0.4, 0.5) is 5.95 Å². The van der Waals surface area contributed by atoms with Crippen LogP contribution in [0.15, 0.2) is 54.9 Å². The summed E-state index contributed by atoms with van der Waals surface area (Å²) in [4.78, 5) is 32.2. The highest BCUT2D eigenvalue weighted by molar-refractivity contribution is 7.26. The summed E-state index contributed by atoms with van der Waals surface area (Å²) in [6, 6.07) is 13.8. The van der Waals surface area contributed by atoms with Gasteiger partial charge in [-0.25, -0.2) is 15.0 Å². The van der Waals surface area contributed by atoms with Crippen LogP contribution >= 0.6 is 22.7 Å². The van der Waals surface area contributed by atoms with E-state index in [2.05, 4.69) is 36.1 Å². The van der Waals surface area contributed by atoms with Crippen molar-refractivity contribution in [3.8, 4) is 9.88 Å². The van der Waals surface area contributed by atoms with Crippen molar-refractivity contribution in [1.29, 1.82) is 0 Å². The number of hydrogen-bond donors (Lipinski definition) is 1. The molecular weight excluding hydrogens is 428 g/mol. The summed E-state index contributed by atoms with van der Waals surface area (Å²) >= 11 is 3.15. The maximum Gasteiger partial charge on any atom is 0.261 e. The maximum absolute atomic E-state index is 12.6. The number of nitrogens with zero attached hydrogens (tertiary/aromatic N) is 5. The molecule has 1 amide bonds. The summed E-state index contributed by atoms with van der Waals surface area (Å²) < 4.78 is 1.16. The van der Waals surface area contributed by atoms with Crippen LogP contribution in [0, 0.1) is 0 Å². The largest absolute Gasteiger partial charge is 0.350 e. The van der Waals surface area contributed by atoms with E-state index < -0.39 is 0 Å². The predicted octanol–water partition coefficient (Wildman–Crippen LogP) is 3.37. The third-order valence-electron chi connectivity index (χ3n) is 5.26. The quantitative estimate of drug-likeness (QED) is 0.486. The first-order valence-corrected chi connectivity index (χ1v) is 11.9. The molecule has 5 rings (SSSR count). The van der Waals surface area contributed by atoms with E-state index in [1.54, 1.807) is 23.7 Å². The molecule has 0 spiro atoms. The summed E-state index contributed by atoms with van der Waals surface area (Å²) in [5.41, 5.74) is 1.00. The number of piperazine rings is 1. The minimum atomic E-state index is -0.0197. The summed E-state index contributed by atoms with van der Waals surface area (Å²) in [6.07, 6.45) is 3.55. The zero-order valence-electron chi connectivity index (χ0n) is 16.9. The van der Waals surface area contributed by atoms with Crippen LogP contribution in [0.1, 0.15) is 9.67 Å². The number of rotatable bonds is 6. The minimum absolute atomic E-state index is 0.0197. The van der Waals surface area contributed by atoms with Crippen LogP contribution in [0.25, 0.3) is 20.1 Å². The number of thiophene rings is 1. The number of carbonyl (C=O) groups excluding carboxylic acids is 1. The lowest BCUT2D eigenvalue weighted by molar-refractivity contribution is 0.0952. The molecule has 1 saturated heterocycles. The molecule has 0 bridgehead atoms. The van der Waals surface area contributed by atoms with Gasteiger partial charge in [0.25, 0.3) is 5.91 Å². The Balaban J connectivity index is 1.11. The second kappa shape index (κ2) is 9.09. The molecule has 1 aromatic carbocycles. The van der Waals surface area contributed by atoms with Crippen molar-refractivity contribution < 1.29 is 4.79 Å². The van der Waals surface area contributed by atoms with Crippen molar-refractivity contribution in [3.63, 3.8) is 0 Å². The Morgan fingerprint density at radius 2 is 1.77 bits per heavy atom. The molecule has 0 saturated carbocycles. The average molecular weight is 451 g/mol. The first kappa shape index (κ1) is 20.0. The van der Waals surface area contributed by atoms with Gasteiger partial charge in [-0.2, -0.15) is 0 Å². The monoisotopic (exact) mass is 450 g/mol. The fourth-order valence-electron chi connectivity index (χ4n) is 3.59. The summed E-state index contributed by atoms with van der Waals surface area (Å²) in [6.45, 7) is 5.15. The highest BCUT2D eigenvalue weighted by Gasteiger charge is 2.19. The number of carbonyl (C=O) groups is 1. The van der Waals surface area contributed by atoms with Gasteiger partial charge >= 0.3 is 0 Å². The van der Waals surface area contributed by atoms with Crippen molar-refractivity contribution in [2.75, 3.05) is 44.2 Å². The van der Waals surface area contributed by atoms with Crippen molar-refractivity contribution in [2.24, 2.45) is 0 Å². The molecule has 4 heterocycles. The average Bonchev–Trinajstić information content (AvgIpc) is 3.47. The second-order valence-electron chi connectivity index (χ2n) is 7.28. The number of fused-ring (bicyclic) bond motifs is 1. The van der Waals surface area contributed by atoms with Crippen LogP contribution in [-0.4, -0.2) is 65.0 Å². The molecule has 0 unspecified atom stereocenters. The SMILES string of the molecule is O=C(NCCN1CCN(c2ncccn2)CC1)c1ccc(-c2nc3ccccc3s2)s1. The smallest absolute Gasteiger partial charge is 0.261 e. The molecule has 1 aliphatic heterocycles. The summed E-state index contributed by atoms with van der Waals surface area (Å²) in [5, 5.41) is 4.02. The molecule has 0 atom stereocenters. The Labute approximate surface area is 188 Å². The number of anilines is 1. The van der Waals surface area contributed by atoms with Crippen molar-refractivity contribution in [3.05, 3.63) is 59.7 Å². The molecule has 1 fully saturated rings. The van der Waals surface area contributed by atoms with E-state index in [0.717, 1.165) is 63.7 Å². The number of thiazole rings is 1. The number of aromatic nitrogens is 3. The molecule has 9 heteroatoms. The van der Waals surface area contributed by atoms with E-state index in [-0.39, 0.29) is 5.91 Å². The summed E-state index contributed by atoms with van der Waals surface area (Å²) in [7, 11) is 0. The Morgan fingerprint density at radius 3 is 2.58 bits per heavy atom. The molecule has 158 valence electrons. The fourth-order valence-corrected chi connectivity index (χ4v) is 5.54. The topological polar surface area (TPSA) is 74.2 Å². The Hall–Kier alpha value is -2.88. The van der Waals surface area contributed by atoms with E-state index in [1.807, 2.05) is 36.4 Å². The van der Waals surface area contributed by atoms with Crippen molar-refractivity contribution in [2.45, 2.75) is 0 Å². The van der Waals surface area contributed by atoms with Gasteiger partial charge in [-0.05, 0) is 30.3 Å². The standard InChI is InChI=1S/C22H22N6OS2/c29-20(18-6-7-19(30-18)21-26-16-4-1-2-5-17(16)31-21)23-10-11-27-12-14-28(15-13-27)22-24-8-3-9-25-22/h1-9H,10-15H2,(H,23,29). The van der Waals surface area contributed by atoms with E-state index in [1.165, 1.54) is 11.3 Å². The first-order chi connectivity index (χ1) is 15.3. The van der Waals surface area contributed by atoms with Gasteiger partial charge in [0.15, 0.2) is 0 Å². The zero-order chi connectivity index (χ0) is 21.0. The number of amides is 1. The van der Waals surface area contributed by atoms with E-state index in [0.29, 0.717) is 6.54 Å². The van der Waals surface area contributed by atoms with E-state index in [9.17, 15) is 4.79 Å². The lowest BCUT2D eigenvalue weighted by Gasteiger charge is -2.34. The van der Waals surface area contributed by atoms with E-state index in [4.69, 9.17) is 0 Å². The number of nitrogens with one attached hydrogen (secondary N) is 1. The van der Waals surface area contributed by atoms with Gasteiger partial charge in [-0.1, -0.05) is 12.1 Å². The minimum Gasteiger partial charge on any atom is -0.350 e. The number of para-hydroxylation sites is 1. The molecule has 3 aromatic heterocycles. The Kier molecular flexibility index (Phi) is 5.88. The molecule has 0 radical (unpaired) electrons.